The summed E-state index contributed by atoms with van der Waals surface area (Å²) in [7, 11) is -3.08. The molecule has 0 saturated heterocycles. The highest BCUT2D eigenvalue weighted by atomic mass is 32.2. The number of hydrogen-bond acceptors (Lipinski definition) is 5. The Morgan fingerprint density at radius 1 is 1.53 bits per heavy atom. The van der Waals surface area contributed by atoms with Crippen LogP contribution in [0.4, 0.5) is 10.1 Å². The van der Waals surface area contributed by atoms with Gasteiger partial charge < -0.3 is 0 Å². The Bertz CT molecular complexity index is 653. The number of rotatable bonds is 4. The molecule has 1 rings (SSSR count). The predicted octanol–water partition coefficient (Wildman–Crippen LogP) is 1.27. The maximum Gasteiger partial charge on any atom is 0.272 e. The van der Waals surface area contributed by atoms with Crippen LogP contribution < -0.4 is 0 Å². The maximum atomic E-state index is 13.6. The fourth-order valence-electron chi connectivity index (χ4n) is 1.26. The van der Waals surface area contributed by atoms with Crippen molar-refractivity contribution < 1.29 is 17.7 Å². The van der Waals surface area contributed by atoms with Crippen LogP contribution in [-0.2, 0) is 10.0 Å². The van der Waals surface area contributed by atoms with Crippen molar-refractivity contribution in [3.05, 3.63) is 34.1 Å². The van der Waals surface area contributed by atoms with Gasteiger partial charge in [-0.25, -0.2) is 12.8 Å². The standard InChI is InChI=1S/C10H10FN3O4S/c1-7(6-12)13(2)19(17,18)10-4-3-8(14(15)16)5-9(10)11/h3-5,7H,1-2H3. The van der Waals surface area contributed by atoms with Crippen LogP contribution in [0.5, 0.6) is 0 Å². The summed E-state index contributed by atoms with van der Waals surface area (Å²) in [5, 5.41) is 19.1. The van der Waals surface area contributed by atoms with Gasteiger partial charge >= 0.3 is 0 Å². The van der Waals surface area contributed by atoms with E-state index in [4.69, 9.17) is 5.26 Å². The predicted molar refractivity (Wildman–Crippen MR) is 63.1 cm³/mol. The molecule has 1 unspecified atom stereocenters. The average molecular weight is 287 g/mol. The normalized spacial score (nSPS) is 13.0. The lowest BCUT2D eigenvalue weighted by Gasteiger charge is -2.19. The number of nitrogens with zero attached hydrogens (tertiary/aromatic N) is 3. The zero-order valence-electron chi connectivity index (χ0n) is 10.1. The Morgan fingerprint density at radius 3 is 2.53 bits per heavy atom. The molecule has 0 radical (unpaired) electrons. The molecule has 7 nitrogen and oxygen atoms in total. The maximum absolute atomic E-state index is 13.6. The van der Waals surface area contributed by atoms with Crippen molar-refractivity contribution in [2.24, 2.45) is 0 Å². The summed E-state index contributed by atoms with van der Waals surface area (Å²) in [5.41, 5.74) is -0.549. The van der Waals surface area contributed by atoms with Crippen LogP contribution in [0.3, 0.4) is 0 Å². The first-order valence-corrected chi connectivity index (χ1v) is 6.47. The second-order valence-electron chi connectivity index (χ2n) is 3.70. The quantitative estimate of drug-likeness (QED) is 0.612. The Morgan fingerprint density at radius 2 is 2.11 bits per heavy atom. The number of nitro groups is 1. The van der Waals surface area contributed by atoms with Gasteiger partial charge in [0.1, 0.15) is 16.8 Å². The number of non-ortho nitro benzene ring substituents is 1. The minimum absolute atomic E-state index is 0.526. The largest absolute Gasteiger partial charge is 0.272 e. The smallest absolute Gasteiger partial charge is 0.258 e. The molecule has 0 spiro atoms. The molecule has 9 heteroatoms. The second-order valence-corrected chi connectivity index (χ2v) is 5.66. The minimum atomic E-state index is -4.21. The molecule has 0 fully saturated rings. The van der Waals surface area contributed by atoms with E-state index in [2.05, 4.69) is 0 Å². The molecular weight excluding hydrogens is 277 g/mol. The zero-order valence-corrected chi connectivity index (χ0v) is 10.9. The number of halogens is 1. The van der Waals surface area contributed by atoms with E-state index in [1.165, 1.54) is 6.92 Å². The Kier molecular flexibility index (Phi) is 4.18. The van der Waals surface area contributed by atoms with Gasteiger partial charge in [0.2, 0.25) is 10.0 Å². The van der Waals surface area contributed by atoms with Crippen molar-refractivity contribution in [2.45, 2.75) is 17.9 Å². The molecule has 0 aliphatic rings. The van der Waals surface area contributed by atoms with Gasteiger partial charge in [0, 0.05) is 13.1 Å². The molecule has 1 aromatic rings. The van der Waals surface area contributed by atoms with E-state index in [1.54, 1.807) is 6.07 Å². The summed E-state index contributed by atoms with van der Waals surface area (Å²) in [6.45, 7) is 1.33. The molecule has 1 atom stereocenters. The first kappa shape index (κ1) is 15.0. The summed E-state index contributed by atoms with van der Waals surface area (Å²) in [4.78, 5) is 8.90. The molecule has 19 heavy (non-hydrogen) atoms. The minimum Gasteiger partial charge on any atom is -0.258 e. The third kappa shape index (κ3) is 2.86. The fraction of sp³-hybridized carbons (Fsp3) is 0.300. The summed E-state index contributed by atoms with van der Waals surface area (Å²) < 4.78 is 38.3. The average Bonchev–Trinajstić information content (AvgIpc) is 2.36. The van der Waals surface area contributed by atoms with Crippen molar-refractivity contribution in [3.63, 3.8) is 0 Å². The molecule has 0 heterocycles. The van der Waals surface area contributed by atoms with Gasteiger partial charge in [0.15, 0.2) is 0 Å². The molecular formula is C10H10FN3O4S. The van der Waals surface area contributed by atoms with E-state index in [-0.39, 0.29) is 0 Å². The number of nitriles is 1. The Balaban J connectivity index is 3.31. The molecule has 0 aliphatic carbocycles. The summed E-state index contributed by atoms with van der Waals surface area (Å²) in [5.74, 6) is -1.23. The lowest BCUT2D eigenvalue weighted by atomic mass is 10.3. The molecule has 0 N–H and O–H groups in total. The molecule has 102 valence electrons. The first-order chi connectivity index (χ1) is 8.71. The highest BCUT2D eigenvalue weighted by Gasteiger charge is 2.29. The van der Waals surface area contributed by atoms with Crippen LogP contribution in [0, 0.1) is 27.3 Å². The van der Waals surface area contributed by atoms with Crippen molar-refractivity contribution >= 4 is 15.7 Å². The van der Waals surface area contributed by atoms with Crippen LogP contribution in [0.1, 0.15) is 6.92 Å². The van der Waals surface area contributed by atoms with Crippen molar-refractivity contribution in [1.82, 2.24) is 4.31 Å². The number of nitro benzene ring substituents is 1. The number of hydrogen-bond donors (Lipinski definition) is 0. The Labute approximate surface area is 109 Å². The SMILES string of the molecule is CC(C#N)N(C)S(=O)(=O)c1ccc([N+](=O)[O-])cc1F. The van der Waals surface area contributed by atoms with E-state index in [0.717, 1.165) is 19.2 Å². The lowest BCUT2D eigenvalue weighted by molar-refractivity contribution is -0.385. The van der Waals surface area contributed by atoms with Gasteiger partial charge in [-0.3, -0.25) is 10.1 Å². The third-order valence-corrected chi connectivity index (χ3v) is 4.48. The fourth-order valence-corrected chi connectivity index (χ4v) is 2.58. The molecule has 0 bridgehead atoms. The summed E-state index contributed by atoms with van der Waals surface area (Å²) in [6.07, 6.45) is 0. The first-order valence-electron chi connectivity index (χ1n) is 5.03. The number of benzene rings is 1. The van der Waals surface area contributed by atoms with Crippen molar-refractivity contribution in [3.8, 4) is 6.07 Å². The van der Waals surface area contributed by atoms with Crippen LogP contribution >= 0.6 is 0 Å². The summed E-state index contributed by atoms with van der Waals surface area (Å²) in [6, 6.07) is 2.94. The van der Waals surface area contributed by atoms with Crippen molar-refractivity contribution in [2.75, 3.05) is 7.05 Å². The molecule has 0 amide bonds. The van der Waals surface area contributed by atoms with E-state index < -0.39 is 37.4 Å². The molecule has 0 aliphatic heterocycles. The van der Waals surface area contributed by atoms with Crippen LogP contribution in [-0.4, -0.2) is 30.7 Å². The zero-order chi connectivity index (χ0) is 14.8. The molecule has 0 aromatic heterocycles. The van der Waals surface area contributed by atoms with E-state index >= 15 is 0 Å². The van der Waals surface area contributed by atoms with Gasteiger partial charge in [0.25, 0.3) is 5.69 Å². The second kappa shape index (κ2) is 5.29. The highest BCUT2D eigenvalue weighted by Crippen LogP contribution is 2.23. The van der Waals surface area contributed by atoms with Gasteiger partial charge in [-0.15, -0.1) is 0 Å². The van der Waals surface area contributed by atoms with Gasteiger partial charge in [-0.2, -0.15) is 9.57 Å². The van der Waals surface area contributed by atoms with Gasteiger partial charge in [0.05, 0.1) is 17.1 Å². The van der Waals surface area contributed by atoms with E-state index in [9.17, 15) is 22.9 Å². The van der Waals surface area contributed by atoms with Crippen LogP contribution in [0.25, 0.3) is 0 Å². The third-order valence-electron chi connectivity index (χ3n) is 2.52. The van der Waals surface area contributed by atoms with E-state index in [0.29, 0.717) is 10.4 Å². The van der Waals surface area contributed by atoms with Gasteiger partial charge in [-0.05, 0) is 13.0 Å². The van der Waals surface area contributed by atoms with Crippen molar-refractivity contribution in [1.29, 1.82) is 5.26 Å². The van der Waals surface area contributed by atoms with Crippen LogP contribution in [0.2, 0.25) is 0 Å². The van der Waals surface area contributed by atoms with Crippen LogP contribution in [0.15, 0.2) is 23.1 Å². The molecule has 0 saturated carbocycles. The summed E-state index contributed by atoms with van der Waals surface area (Å²) >= 11 is 0. The molecule has 1 aromatic carbocycles. The Hall–Kier alpha value is -2.05. The lowest BCUT2D eigenvalue weighted by Crippen LogP contribution is -2.34. The van der Waals surface area contributed by atoms with E-state index in [1.807, 2.05) is 0 Å². The topological polar surface area (TPSA) is 104 Å². The number of sulfonamides is 1. The highest BCUT2D eigenvalue weighted by molar-refractivity contribution is 7.89. The monoisotopic (exact) mass is 287 g/mol. The van der Waals surface area contributed by atoms with Gasteiger partial charge in [-0.1, -0.05) is 0 Å².